The van der Waals surface area contributed by atoms with Crippen molar-refractivity contribution in [1.29, 1.82) is 0 Å². The molecule has 5 aromatic rings. The molecule has 0 atom stereocenters. The van der Waals surface area contributed by atoms with Crippen LogP contribution in [0.1, 0.15) is 29.9 Å². The zero-order chi connectivity index (χ0) is 21.8. The first kappa shape index (κ1) is 19.3. The molecule has 1 aliphatic heterocycles. The third-order valence-electron chi connectivity index (χ3n) is 6.65. The molecule has 0 spiro atoms. The van der Waals surface area contributed by atoms with Crippen molar-refractivity contribution in [3.8, 4) is 11.4 Å². The smallest absolute Gasteiger partial charge is 0.161 e. The van der Waals surface area contributed by atoms with Crippen molar-refractivity contribution in [2.24, 2.45) is 0 Å². The van der Waals surface area contributed by atoms with Crippen LogP contribution in [0.25, 0.3) is 28.1 Å². The molecule has 0 amide bonds. The maximum absolute atomic E-state index is 5.01. The number of pyridine rings is 1. The molecule has 1 fully saturated rings. The highest BCUT2D eigenvalue weighted by molar-refractivity contribution is 5.86. The maximum Gasteiger partial charge on any atom is 0.161 e. The van der Waals surface area contributed by atoms with Crippen LogP contribution in [-0.2, 0) is 6.54 Å². The second-order valence-electron chi connectivity index (χ2n) is 8.84. The lowest BCUT2D eigenvalue weighted by Gasteiger charge is -2.38. The topological polar surface area (TPSA) is 56.2 Å². The summed E-state index contributed by atoms with van der Waals surface area (Å²) in [7, 11) is 0. The van der Waals surface area contributed by atoms with Gasteiger partial charge in [-0.25, -0.2) is 0 Å². The number of likely N-dealkylation sites (tertiary alicyclic amines) is 1. The largest absolute Gasteiger partial charge is 0.333 e. The summed E-state index contributed by atoms with van der Waals surface area (Å²) >= 11 is 0. The Morgan fingerprint density at radius 2 is 1.84 bits per heavy atom. The van der Waals surface area contributed by atoms with Crippen molar-refractivity contribution >= 4 is 16.7 Å². The summed E-state index contributed by atoms with van der Waals surface area (Å²) in [6.45, 7) is 10.4. The van der Waals surface area contributed by atoms with Crippen molar-refractivity contribution in [3.05, 3.63) is 71.7 Å². The first-order valence-electron chi connectivity index (χ1n) is 11.3. The molecule has 0 aliphatic carbocycles. The van der Waals surface area contributed by atoms with Crippen LogP contribution in [0.5, 0.6) is 0 Å². The van der Waals surface area contributed by atoms with Crippen LogP contribution in [0.3, 0.4) is 0 Å². The van der Waals surface area contributed by atoms with Gasteiger partial charge in [0.25, 0.3) is 0 Å². The van der Waals surface area contributed by atoms with E-state index in [1.807, 2.05) is 13.0 Å². The molecular weight excluding hydrogens is 398 g/mol. The number of benzene rings is 1. The van der Waals surface area contributed by atoms with Crippen LogP contribution in [0.15, 0.2) is 54.7 Å². The van der Waals surface area contributed by atoms with Gasteiger partial charge in [-0.1, -0.05) is 36.8 Å². The van der Waals surface area contributed by atoms with Gasteiger partial charge in [0.1, 0.15) is 11.5 Å². The van der Waals surface area contributed by atoms with E-state index in [0.717, 1.165) is 60.1 Å². The molecule has 0 N–H and O–H groups in total. The molecule has 7 heteroatoms. The second-order valence-corrected chi connectivity index (χ2v) is 8.84. The SMILES string of the molecule is CCN1CC(n2ccc(-c3cc4c(ccc5nnc(C)n54)n3Cc3cccc(C)c3)n2)C1. The van der Waals surface area contributed by atoms with Gasteiger partial charge in [-0.2, -0.15) is 5.10 Å². The Bertz CT molecular complexity index is 1430. The Labute approximate surface area is 186 Å². The first-order valence-corrected chi connectivity index (χ1v) is 11.3. The molecule has 0 saturated carbocycles. The van der Waals surface area contributed by atoms with Gasteiger partial charge in [0.2, 0.25) is 0 Å². The van der Waals surface area contributed by atoms with E-state index in [-0.39, 0.29) is 0 Å². The molecule has 32 heavy (non-hydrogen) atoms. The standard InChI is InChI=1S/C25H27N7/c1-4-29-15-20(16-29)31-11-10-21(28-31)23-13-24-22(8-9-25-27-26-18(3)32(24)25)30(23)14-19-7-5-6-17(2)12-19/h5-13,20H,4,14-16H2,1-3H3. The summed E-state index contributed by atoms with van der Waals surface area (Å²) in [5, 5.41) is 13.6. The molecule has 5 heterocycles. The average Bonchev–Trinajstić information content (AvgIpc) is 3.45. The van der Waals surface area contributed by atoms with E-state index in [9.17, 15) is 0 Å². The average molecular weight is 426 g/mol. The summed E-state index contributed by atoms with van der Waals surface area (Å²) in [6.07, 6.45) is 2.13. The van der Waals surface area contributed by atoms with E-state index in [1.165, 1.54) is 11.1 Å². The van der Waals surface area contributed by atoms with Gasteiger partial charge < -0.3 is 4.57 Å². The van der Waals surface area contributed by atoms with E-state index in [2.05, 4.69) is 91.3 Å². The van der Waals surface area contributed by atoms with Gasteiger partial charge in [-0.15, -0.1) is 10.2 Å². The van der Waals surface area contributed by atoms with Gasteiger partial charge in [0, 0.05) is 25.8 Å². The van der Waals surface area contributed by atoms with Crippen LogP contribution in [0, 0.1) is 13.8 Å². The number of aromatic nitrogens is 6. The predicted molar refractivity (Wildman–Crippen MR) is 126 cm³/mol. The number of rotatable bonds is 5. The molecule has 0 unspecified atom stereocenters. The fourth-order valence-corrected chi connectivity index (χ4v) is 4.86. The fourth-order valence-electron chi connectivity index (χ4n) is 4.86. The van der Waals surface area contributed by atoms with E-state index in [1.54, 1.807) is 0 Å². The van der Waals surface area contributed by atoms with Crippen LogP contribution < -0.4 is 0 Å². The maximum atomic E-state index is 5.01. The minimum Gasteiger partial charge on any atom is -0.333 e. The van der Waals surface area contributed by atoms with Gasteiger partial charge >= 0.3 is 0 Å². The molecule has 7 nitrogen and oxygen atoms in total. The Balaban J connectivity index is 1.49. The lowest BCUT2D eigenvalue weighted by molar-refractivity contribution is 0.105. The minimum atomic E-state index is 0.463. The molecule has 0 bridgehead atoms. The van der Waals surface area contributed by atoms with Gasteiger partial charge in [-0.3, -0.25) is 14.0 Å². The summed E-state index contributed by atoms with van der Waals surface area (Å²) < 4.78 is 6.64. The Morgan fingerprint density at radius 1 is 0.969 bits per heavy atom. The normalized spacial score (nSPS) is 15.1. The highest BCUT2D eigenvalue weighted by Crippen LogP contribution is 2.31. The molecular formula is C25H27N7. The van der Waals surface area contributed by atoms with Crippen molar-refractivity contribution < 1.29 is 0 Å². The van der Waals surface area contributed by atoms with Gasteiger partial charge in [-0.05, 0) is 50.2 Å². The highest BCUT2D eigenvalue weighted by Gasteiger charge is 2.27. The number of likely N-dealkylation sites (N-methyl/N-ethyl adjacent to an activating group) is 1. The number of hydrogen-bond donors (Lipinski definition) is 0. The Hall–Kier alpha value is -3.45. The summed E-state index contributed by atoms with van der Waals surface area (Å²) in [6, 6.07) is 17.8. The molecule has 162 valence electrons. The molecule has 1 saturated heterocycles. The zero-order valence-electron chi connectivity index (χ0n) is 18.7. The lowest BCUT2D eigenvalue weighted by atomic mass is 10.1. The van der Waals surface area contributed by atoms with Crippen molar-refractivity contribution in [1.82, 2.24) is 33.8 Å². The number of fused-ring (bicyclic) bond motifs is 3. The summed E-state index contributed by atoms with van der Waals surface area (Å²) in [4.78, 5) is 2.44. The number of nitrogens with zero attached hydrogens (tertiary/aromatic N) is 7. The van der Waals surface area contributed by atoms with Crippen LogP contribution >= 0.6 is 0 Å². The molecule has 0 radical (unpaired) electrons. The highest BCUT2D eigenvalue weighted by atomic mass is 15.4. The van der Waals surface area contributed by atoms with E-state index in [4.69, 9.17) is 5.10 Å². The van der Waals surface area contributed by atoms with Crippen molar-refractivity contribution in [2.45, 2.75) is 33.4 Å². The summed E-state index contributed by atoms with van der Waals surface area (Å²) in [5.74, 6) is 0.893. The first-order chi connectivity index (χ1) is 15.6. The Morgan fingerprint density at radius 3 is 2.66 bits per heavy atom. The summed E-state index contributed by atoms with van der Waals surface area (Å²) in [5.41, 5.74) is 7.81. The molecule has 1 aromatic carbocycles. The van der Waals surface area contributed by atoms with Crippen LogP contribution in [0.2, 0.25) is 0 Å². The molecule has 6 rings (SSSR count). The van der Waals surface area contributed by atoms with Crippen LogP contribution in [0.4, 0.5) is 0 Å². The molecule has 4 aromatic heterocycles. The lowest BCUT2D eigenvalue weighted by Crippen LogP contribution is -2.47. The predicted octanol–water partition coefficient (Wildman–Crippen LogP) is 4.09. The van der Waals surface area contributed by atoms with E-state index in [0.29, 0.717) is 6.04 Å². The third kappa shape index (κ3) is 3.04. The van der Waals surface area contributed by atoms with Gasteiger partial charge in [0.15, 0.2) is 5.65 Å². The van der Waals surface area contributed by atoms with Crippen LogP contribution in [-0.4, -0.2) is 53.5 Å². The van der Waals surface area contributed by atoms with Crippen molar-refractivity contribution in [2.75, 3.05) is 19.6 Å². The number of aryl methyl sites for hydroxylation is 2. The van der Waals surface area contributed by atoms with Crippen molar-refractivity contribution in [3.63, 3.8) is 0 Å². The van der Waals surface area contributed by atoms with E-state index < -0.39 is 0 Å². The zero-order valence-corrected chi connectivity index (χ0v) is 18.7. The van der Waals surface area contributed by atoms with E-state index >= 15 is 0 Å². The minimum absolute atomic E-state index is 0.463. The Kier molecular flexibility index (Phi) is 4.40. The monoisotopic (exact) mass is 425 g/mol. The second kappa shape index (κ2) is 7.31. The third-order valence-corrected chi connectivity index (χ3v) is 6.65. The number of hydrogen-bond acceptors (Lipinski definition) is 4. The fraction of sp³-hybridized carbons (Fsp3) is 0.320. The molecule has 1 aliphatic rings. The quantitative estimate of drug-likeness (QED) is 0.426. The van der Waals surface area contributed by atoms with Gasteiger partial charge in [0.05, 0.1) is 22.8 Å².